The highest BCUT2D eigenvalue weighted by molar-refractivity contribution is 7.80. The summed E-state index contributed by atoms with van der Waals surface area (Å²) in [6, 6.07) is 11.1. The van der Waals surface area contributed by atoms with Crippen LogP contribution in [0, 0.1) is 17.8 Å². The van der Waals surface area contributed by atoms with E-state index in [1.165, 1.54) is 31.2 Å². The van der Waals surface area contributed by atoms with Crippen molar-refractivity contribution in [2.24, 2.45) is 17.8 Å². The summed E-state index contributed by atoms with van der Waals surface area (Å²) < 4.78 is 0. The Balaban J connectivity index is 1.38. The fourth-order valence-corrected chi connectivity index (χ4v) is 4.52. The Labute approximate surface area is 133 Å². The van der Waals surface area contributed by atoms with Crippen LogP contribution in [0.25, 0.3) is 0 Å². The number of fused-ring (bicyclic) bond motifs is 2. The fraction of sp³-hybridized carbons (Fsp3) is 0.611. The number of hydrogen-bond donors (Lipinski definition) is 2. The van der Waals surface area contributed by atoms with E-state index in [1.807, 2.05) is 0 Å². The van der Waals surface area contributed by atoms with Gasteiger partial charge in [0.1, 0.15) is 0 Å². The fourth-order valence-electron chi connectivity index (χ4n) is 4.24. The summed E-state index contributed by atoms with van der Waals surface area (Å²) >= 11 is 5.44. The second-order valence-corrected chi connectivity index (χ2v) is 7.17. The molecule has 0 aromatic heterocycles. The molecule has 0 heterocycles. The summed E-state index contributed by atoms with van der Waals surface area (Å²) in [6.45, 7) is 3.20. The van der Waals surface area contributed by atoms with Crippen LogP contribution in [0.5, 0.6) is 0 Å². The predicted octanol–water partition coefficient (Wildman–Crippen LogP) is 3.52. The Morgan fingerprint density at radius 1 is 1.24 bits per heavy atom. The molecule has 2 fully saturated rings. The quantitative estimate of drug-likeness (QED) is 0.814. The van der Waals surface area contributed by atoms with E-state index in [9.17, 15) is 0 Å². The first-order valence-electron chi connectivity index (χ1n) is 8.30. The molecular formula is C18H26N2S. The molecule has 0 spiro atoms. The largest absolute Gasteiger partial charge is 0.362 e. The molecule has 1 aromatic carbocycles. The van der Waals surface area contributed by atoms with Crippen molar-refractivity contribution in [2.45, 2.75) is 45.1 Å². The molecule has 2 N–H and O–H groups in total. The summed E-state index contributed by atoms with van der Waals surface area (Å²) in [7, 11) is 0. The lowest BCUT2D eigenvalue weighted by Crippen LogP contribution is -2.45. The SMILES string of the molecule is C[C@@H](NC(=S)NCCc1ccccc1)[C@@H]1C[C@H]2CC[C@H]1C2. The summed E-state index contributed by atoms with van der Waals surface area (Å²) in [4.78, 5) is 0. The summed E-state index contributed by atoms with van der Waals surface area (Å²) in [5, 5.41) is 7.68. The van der Waals surface area contributed by atoms with Crippen LogP contribution in [0.4, 0.5) is 0 Å². The summed E-state index contributed by atoms with van der Waals surface area (Å²) in [6.07, 6.45) is 6.80. The van der Waals surface area contributed by atoms with Crippen molar-refractivity contribution in [1.29, 1.82) is 0 Å². The van der Waals surface area contributed by atoms with Crippen LogP contribution in [-0.4, -0.2) is 17.7 Å². The smallest absolute Gasteiger partial charge is 0.166 e. The number of benzene rings is 1. The average molecular weight is 302 g/mol. The van der Waals surface area contributed by atoms with Crippen molar-refractivity contribution in [3.8, 4) is 0 Å². The lowest BCUT2D eigenvalue weighted by Gasteiger charge is -2.29. The molecule has 2 nitrogen and oxygen atoms in total. The Hall–Kier alpha value is -1.09. The minimum absolute atomic E-state index is 0.511. The molecule has 0 aliphatic heterocycles. The number of nitrogens with one attached hydrogen (secondary N) is 2. The maximum atomic E-state index is 5.44. The van der Waals surface area contributed by atoms with Crippen LogP contribution in [-0.2, 0) is 6.42 Å². The van der Waals surface area contributed by atoms with Crippen LogP contribution in [0.2, 0.25) is 0 Å². The van der Waals surface area contributed by atoms with Crippen molar-refractivity contribution in [3.63, 3.8) is 0 Å². The molecule has 3 heteroatoms. The molecule has 21 heavy (non-hydrogen) atoms. The number of thiocarbonyl (C=S) groups is 1. The van der Waals surface area contributed by atoms with E-state index in [2.05, 4.69) is 47.9 Å². The highest BCUT2D eigenvalue weighted by Crippen LogP contribution is 2.49. The van der Waals surface area contributed by atoms with Crippen molar-refractivity contribution in [1.82, 2.24) is 10.6 Å². The summed E-state index contributed by atoms with van der Waals surface area (Å²) in [5.74, 6) is 2.78. The van der Waals surface area contributed by atoms with E-state index in [1.54, 1.807) is 0 Å². The minimum atomic E-state index is 0.511. The summed E-state index contributed by atoms with van der Waals surface area (Å²) in [5.41, 5.74) is 1.36. The Bertz CT molecular complexity index is 473. The second kappa shape index (κ2) is 6.78. The third-order valence-electron chi connectivity index (χ3n) is 5.34. The highest BCUT2D eigenvalue weighted by Gasteiger charge is 2.41. The molecule has 0 amide bonds. The molecule has 2 aliphatic carbocycles. The molecular weight excluding hydrogens is 276 g/mol. The molecule has 0 radical (unpaired) electrons. The monoisotopic (exact) mass is 302 g/mol. The van der Waals surface area contributed by atoms with E-state index in [4.69, 9.17) is 12.2 Å². The van der Waals surface area contributed by atoms with Gasteiger partial charge in [0.2, 0.25) is 0 Å². The van der Waals surface area contributed by atoms with Crippen LogP contribution in [0.15, 0.2) is 30.3 Å². The first-order valence-corrected chi connectivity index (χ1v) is 8.71. The van der Waals surface area contributed by atoms with Crippen LogP contribution < -0.4 is 10.6 Å². The van der Waals surface area contributed by atoms with Gasteiger partial charge in [-0.25, -0.2) is 0 Å². The van der Waals surface area contributed by atoms with Crippen LogP contribution in [0.3, 0.4) is 0 Å². The Kier molecular flexibility index (Phi) is 4.79. The van der Waals surface area contributed by atoms with Crippen LogP contribution >= 0.6 is 12.2 Å². The molecule has 4 atom stereocenters. The highest BCUT2D eigenvalue weighted by atomic mass is 32.1. The van der Waals surface area contributed by atoms with Gasteiger partial charge in [-0.2, -0.15) is 0 Å². The van der Waals surface area contributed by atoms with E-state index in [0.29, 0.717) is 6.04 Å². The van der Waals surface area contributed by atoms with Gasteiger partial charge >= 0.3 is 0 Å². The van der Waals surface area contributed by atoms with Gasteiger partial charge in [0.25, 0.3) is 0 Å². The number of hydrogen-bond acceptors (Lipinski definition) is 1. The van der Waals surface area contributed by atoms with E-state index in [-0.39, 0.29) is 0 Å². The zero-order chi connectivity index (χ0) is 14.7. The molecule has 0 unspecified atom stereocenters. The molecule has 114 valence electrons. The van der Waals surface area contributed by atoms with Gasteiger partial charge in [-0.1, -0.05) is 36.8 Å². The second-order valence-electron chi connectivity index (χ2n) is 6.76. The molecule has 2 saturated carbocycles. The van der Waals surface area contributed by atoms with Gasteiger partial charge < -0.3 is 10.6 Å². The van der Waals surface area contributed by atoms with Crippen molar-refractivity contribution in [3.05, 3.63) is 35.9 Å². The van der Waals surface area contributed by atoms with Crippen molar-refractivity contribution in [2.75, 3.05) is 6.54 Å². The molecule has 0 saturated heterocycles. The lowest BCUT2D eigenvalue weighted by molar-refractivity contribution is 0.278. The standard InChI is InChI=1S/C18H26N2S/c1-13(17-12-15-7-8-16(17)11-15)20-18(21)19-10-9-14-5-3-2-4-6-14/h2-6,13,15-17H,7-12H2,1H3,(H2,19,20,21)/t13-,15+,16+,17+/m1/s1. The average Bonchev–Trinajstić information content (AvgIpc) is 3.11. The first kappa shape index (κ1) is 14.8. The van der Waals surface area contributed by atoms with Gasteiger partial charge in [-0.05, 0) is 68.1 Å². The minimum Gasteiger partial charge on any atom is -0.362 e. The van der Waals surface area contributed by atoms with Gasteiger partial charge in [0.15, 0.2) is 5.11 Å². The molecule has 1 aromatic rings. The van der Waals surface area contributed by atoms with Gasteiger partial charge in [0, 0.05) is 12.6 Å². The molecule has 2 aliphatic rings. The zero-order valence-corrected chi connectivity index (χ0v) is 13.7. The number of rotatable bonds is 5. The van der Waals surface area contributed by atoms with E-state index < -0.39 is 0 Å². The Morgan fingerprint density at radius 3 is 2.71 bits per heavy atom. The van der Waals surface area contributed by atoms with Crippen molar-refractivity contribution >= 4 is 17.3 Å². The topological polar surface area (TPSA) is 24.1 Å². The predicted molar refractivity (Wildman–Crippen MR) is 92.3 cm³/mol. The zero-order valence-electron chi connectivity index (χ0n) is 12.8. The maximum Gasteiger partial charge on any atom is 0.166 e. The van der Waals surface area contributed by atoms with Crippen LogP contribution in [0.1, 0.15) is 38.2 Å². The maximum absolute atomic E-state index is 5.44. The van der Waals surface area contributed by atoms with Crippen molar-refractivity contribution < 1.29 is 0 Å². The molecule has 2 bridgehead atoms. The van der Waals surface area contributed by atoms with Gasteiger partial charge in [-0.3, -0.25) is 0 Å². The normalized spacial score (nSPS) is 28.3. The van der Waals surface area contributed by atoms with Gasteiger partial charge in [0.05, 0.1) is 0 Å². The third-order valence-corrected chi connectivity index (χ3v) is 5.60. The Morgan fingerprint density at radius 2 is 2.05 bits per heavy atom. The van der Waals surface area contributed by atoms with E-state index >= 15 is 0 Å². The lowest BCUT2D eigenvalue weighted by atomic mass is 9.84. The van der Waals surface area contributed by atoms with Gasteiger partial charge in [-0.15, -0.1) is 0 Å². The first-order chi connectivity index (χ1) is 10.2. The van der Waals surface area contributed by atoms with E-state index in [0.717, 1.165) is 35.8 Å². The third kappa shape index (κ3) is 3.76. The molecule has 3 rings (SSSR count).